The van der Waals surface area contributed by atoms with E-state index in [0.29, 0.717) is 39.4 Å². The van der Waals surface area contributed by atoms with Gasteiger partial charge in [0.25, 0.3) is 0 Å². The Hall–Kier alpha value is -1.14. The van der Waals surface area contributed by atoms with Crippen LogP contribution in [-0.4, -0.2) is 85.5 Å². The molecule has 0 radical (unpaired) electrons. The van der Waals surface area contributed by atoms with Gasteiger partial charge in [-0.25, -0.2) is 0 Å². The van der Waals surface area contributed by atoms with Crippen molar-refractivity contribution in [3.8, 4) is 0 Å². The molecule has 0 aromatic heterocycles. The van der Waals surface area contributed by atoms with E-state index in [9.17, 15) is 9.59 Å². The van der Waals surface area contributed by atoms with Crippen molar-refractivity contribution in [2.75, 3.05) is 59.0 Å². The van der Waals surface area contributed by atoms with Gasteiger partial charge in [-0.1, -0.05) is 6.92 Å². The molecule has 6 nitrogen and oxygen atoms in total. The van der Waals surface area contributed by atoms with Crippen molar-refractivity contribution in [3.05, 3.63) is 0 Å². The topological polar surface area (TPSA) is 53.1 Å². The normalized spacial score (nSPS) is 21.8. The van der Waals surface area contributed by atoms with Crippen molar-refractivity contribution >= 4 is 11.8 Å². The van der Waals surface area contributed by atoms with Crippen LogP contribution >= 0.6 is 0 Å². The maximum absolute atomic E-state index is 12.1. The number of piperazine rings is 1. The molecule has 0 saturated carbocycles. The largest absolute Gasteiger partial charge is 0.378 e. The second-order valence-electron chi connectivity index (χ2n) is 5.08. The lowest BCUT2D eigenvalue weighted by atomic mass is 10.2. The van der Waals surface area contributed by atoms with E-state index in [0.717, 1.165) is 19.5 Å². The number of hydrogen-bond donors (Lipinski definition) is 0. The molecule has 2 fully saturated rings. The molecule has 6 heteroatoms. The molecule has 0 aromatic carbocycles. The summed E-state index contributed by atoms with van der Waals surface area (Å²) in [4.78, 5) is 29.7. The molecule has 2 aliphatic heterocycles. The highest BCUT2D eigenvalue weighted by Gasteiger charge is 2.27. The molecule has 0 N–H and O–H groups in total. The Morgan fingerprint density at radius 2 is 1.95 bits per heavy atom. The summed E-state index contributed by atoms with van der Waals surface area (Å²) in [6.07, 6.45) is 1.06. The Bertz CT molecular complexity index is 329. The van der Waals surface area contributed by atoms with Gasteiger partial charge in [0, 0.05) is 26.2 Å². The predicted molar refractivity (Wildman–Crippen MR) is 70.7 cm³/mol. The van der Waals surface area contributed by atoms with Crippen molar-refractivity contribution < 1.29 is 14.3 Å². The highest BCUT2D eigenvalue weighted by Crippen LogP contribution is 2.06. The molecule has 108 valence electrons. The Morgan fingerprint density at radius 3 is 2.58 bits per heavy atom. The zero-order chi connectivity index (χ0) is 13.7. The zero-order valence-electron chi connectivity index (χ0n) is 11.6. The van der Waals surface area contributed by atoms with Crippen LogP contribution in [0.3, 0.4) is 0 Å². The third kappa shape index (κ3) is 3.91. The number of carbonyl (C=O) groups is 2. The maximum Gasteiger partial charge on any atom is 0.242 e. The molecule has 2 amide bonds. The van der Waals surface area contributed by atoms with E-state index in [4.69, 9.17) is 4.74 Å². The van der Waals surface area contributed by atoms with Crippen LogP contribution in [0.15, 0.2) is 0 Å². The predicted octanol–water partition coefficient (Wildman–Crippen LogP) is -0.601. The number of ether oxygens (including phenoxy) is 1. The lowest BCUT2D eigenvalue weighted by Crippen LogP contribution is -2.54. The van der Waals surface area contributed by atoms with E-state index in [1.165, 1.54) is 0 Å². The molecule has 0 aliphatic carbocycles. The number of nitrogens with zero attached hydrogens (tertiary/aromatic N) is 3. The van der Waals surface area contributed by atoms with E-state index >= 15 is 0 Å². The second-order valence-corrected chi connectivity index (χ2v) is 5.08. The second kappa shape index (κ2) is 6.86. The average molecular weight is 269 g/mol. The van der Waals surface area contributed by atoms with Gasteiger partial charge in [0.05, 0.1) is 26.3 Å². The zero-order valence-corrected chi connectivity index (χ0v) is 11.6. The fraction of sp³-hybridized carbons (Fsp3) is 0.846. The molecule has 2 saturated heterocycles. The third-order valence-electron chi connectivity index (χ3n) is 3.63. The minimum absolute atomic E-state index is 0.0422. The highest BCUT2D eigenvalue weighted by molar-refractivity contribution is 5.86. The molecule has 0 bridgehead atoms. The van der Waals surface area contributed by atoms with Gasteiger partial charge in [-0.2, -0.15) is 0 Å². The Morgan fingerprint density at radius 1 is 1.21 bits per heavy atom. The summed E-state index contributed by atoms with van der Waals surface area (Å²) in [6.45, 7) is 7.75. The van der Waals surface area contributed by atoms with Crippen molar-refractivity contribution in [3.63, 3.8) is 0 Å². The van der Waals surface area contributed by atoms with Gasteiger partial charge in [0.2, 0.25) is 11.8 Å². The van der Waals surface area contributed by atoms with E-state index in [2.05, 4.69) is 11.8 Å². The van der Waals surface area contributed by atoms with Crippen LogP contribution in [0.4, 0.5) is 0 Å². The number of amides is 2. The minimum Gasteiger partial charge on any atom is -0.378 e. The summed E-state index contributed by atoms with van der Waals surface area (Å²) < 4.78 is 5.22. The van der Waals surface area contributed by atoms with Crippen molar-refractivity contribution in [1.82, 2.24) is 14.7 Å². The summed E-state index contributed by atoms with van der Waals surface area (Å²) in [6, 6.07) is 0. The van der Waals surface area contributed by atoms with Gasteiger partial charge in [0.1, 0.15) is 0 Å². The Labute approximate surface area is 114 Å². The molecule has 2 aliphatic rings. The van der Waals surface area contributed by atoms with Crippen LogP contribution in [0.5, 0.6) is 0 Å². The molecule has 0 unspecified atom stereocenters. The first-order chi connectivity index (χ1) is 9.20. The Balaban J connectivity index is 1.79. The van der Waals surface area contributed by atoms with Crippen molar-refractivity contribution in [1.29, 1.82) is 0 Å². The monoisotopic (exact) mass is 269 g/mol. The molecule has 0 aromatic rings. The molecular formula is C13H23N3O3. The van der Waals surface area contributed by atoms with Crippen LogP contribution in [0.1, 0.15) is 13.3 Å². The van der Waals surface area contributed by atoms with Gasteiger partial charge in [-0.05, 0) is 13.0 Å². The molecule has 2 heterocycles. The van der Waals surface area contributed by atoms with Crippen LogP contribution in [0.2, 0.25) is 0 Å². The first-order valence-corrected chi connectivity index (χ1v) is 7.06. The standard InChI is InChI=1S/C13H23N3O3/c1-2-3-14-4-5-16(12(17)10-14)11-13(18)15-6-8-19-9-7-15/h2-11H2,1H3. The summed E-state index contributed by atoms with van der Waals surface area (Å²) in [5, 5.41) is 0. The first-order valence-electron chi connectivity index (χ1n) is 7.06. The van der Waals surface area contributed by atoms with E-state index in [1.807, 2.05) is 0 Å². The lowest BCUT2D eigenvalue weighted by molar-refractivity contribution is -0.145. The number of morpholine rings is 1. The lowest BCUT2D eigenvalue weighted by Gasteiger charge is -2.35. The summed E-state index contributed by atoms with van der Waals surface area (Å²) in [5.74, 6) is 0.113. The number of rotatable bonds is 4. The van der Waals surface area contributed by atoms with Crippen LogP contribution < -0.4 is 0 Å². The first kappa shape index (κ1) is 14.3. The Kier molecular flexibility index (Phi) is 5.15. The van der Waals surface area contributed by atoms with E-state index in [1.54, 1.807) is 9.80 Å². The fourth-order valence-electron chi connectivity index (χ4n) is 2.51. The summed E-state index contributed by atoms with van der Waals surface area (Å²) >= 11 is 0. The van der Waals surface area contributed by atoms with Gasteiger partial charge in [-0.15, -0.1) is 0 Å². The van der Waals surface area contributed by atoms with Crippen LogP contribution in [0, 0.1) is 0 Å². The van der Waals surface area contributed by atoms with Crippen LogP contribution in [-0.2, 0) is 14.3 Å². The quantitative estimate of drug-likeness (QED) is 0.684. The van der Waals surface area contributed by atoms with Gasteiger partial charge >= 0.3 is 0 Å². The molecule has 0 spiro atoms. The van der Waals surface area contributed by atoms with Crippen molar-refractivity contribution in [2.24, 2.45) is 0 Å². The van der Waals surface area contributed by atoms with Gasteiger partial charge < -0.3 is 14.5 Å². The van der Waals surface area contributed by atoms with E-state index in [-0.39, 0.29) is 18.4 Å². The minimum atomic E-state index is 0.0422. The SMILES string of the molecule is CCCN1CCN(CC(=O)N2CCOCC2)C(=O)C1. The highest BCUT2D eigenvalue weighted by atomic mass is 16.5. The molecule has 19 heavy (non-hydrogen) atoms. The number of carbonyl (C=O) groups excluding carboxylic acids is 2. The fourth-order valence-corrected chi connectivity index (χ4v) is 2.51. The van der Waals surface area contributed by atoms with Crippen molar-refractivity contribution in [2.45, 2.75) is 13.3 Å². The summed E-state index contributed by atoms with van der Waals surface area (Å²) in [5.41, 5.74) is 0. The van der Waals surface area contributed by atoms with E-state index < -0.39 is 0 Å². The smallest absolute Gasteiger partial charge is 0.242 e. The molecular weight excluding hydrogens is 246 g/mol. The molecule has 2 rings (SSSR count). The van der Waals surface area contributed by atoms with Gasteiger partial charge in [-0.3, -0.25) is 14.5 Å². The van der Waals surface area contributed by atoms with Gasteiger partial charge in [0.15, 0.2) is 0 Å². The average Bonchev–Trinajstić information content (AvgIpc) is 2.43. The molecule has 0 atom stereocenters. The maximum atomic E-state index is 12.1. The number of hydrogen-bond acceptors (Lipinski definition) is 4. The third-order valence-corrected chi connectivity index (χ3v) is 3.63. The van der Waals surface area contributed by atoms with Crippen LogP contribution in [0.25, 0.3) is 0 Å². The summed E-state index contributed by atoms with van der Waals surface area (Å²) in [7, 11) is 0.